The van der Waals surface area contributed by atoms with Crippen molar-refractivity contribution in [3.05, 3.63) is 32.8 Å². The molecule has 1 aromatic carbocycles. The summed E-state index contributed by atoms with van der Waals surface area (Å²) in [5, 5.41) is 10.5. The van der Waals surface area contributed by atoms with Crippen molar-refractivity contribution in [3.63, 3.8) is 0 Å². The van der Waals surface area contributed by atoms with Gasteiger partial charge in [0.05, 0.1) is 10.4 Å². The molecule has 72 valence electrons. The Kier molecular flexibility index (Phi) is 1.53. The molecule has 14 heavy (non-hydrogen) atoms. The highest BCUT2D eigenvalue weighted by Gasteiger charge is 2.14. The summed E-state index contributed by atoms with van der Waals surface area (Å²) >= 11 is 0. The standard InChI is InChI=1S/C7H5N3O4/c8-3-1-6-4(9-7(11)14-6)2-5(3)10(12)13/h1-2H,8H2,(H,9,11). The third kappa shape index (κ3) is 1.11. The zero-order valence-electron chi connectivity index (χ0n) is 6.81. The Balaban J connectivity index is 2.82. The Labute approximate surface area is 76.3 Å². The molecular formula is C7H5N3O4. The molecule has 0 unspecified atom stereocenters. The topological polar surface area (TPSA) is 115 Å². The first-order valence-electron chi connectivity index (χ1n) is 3.64. The third-order valence-electron chi connectivity index (χ3n) is 1.76. The van der Waals surface area contributed by atoms with Crippen molar-refractivity contribution >= 4 is 22.5 Å². The molecule has 7 nitrogen and oxygen atoms in total. The van der Waals surface area contributed by atoms with E-state index in [2.05, 4.69) is 9.40 Å². The summed E-state index contributed by atoms with van der Waals surface area (Å²) < 4.78 is 4.67. The second-order valence-corrected chi connectivity index (χ2v) is 2.68. The van der Waals surface area contributed by atoms with Crippen molar-refractivity contribution in [2.45, 2.75) is 0 Å². The molecule has 7 heteroatoms. The Bertz CT molecular complexity index is 568. The highest BCUT2D eigenvalue weighted by Crippen LogP contribution is 2.25. The van der Waals surface area contributed by atoms with Crippen LogP contribution in [0.25, 0.3) is 11.1 Å². The summed E-state index contributed by atoms with van der Waals surface area (Å²) in [4.78, 5) is 22.9. The number of nitrogens with one attached hydrogen (secondary N) is 1. The molecule has 0 aliphatic heterocycles. The number of oxazole rings is 1. The molecule has 0 aliphatic carbocycles. The van der Waals surface area contributed by atoms with Gasteiger partial charge in [-0.25, -0.2) is 4.79 Å². The molecule has 0 amide bonds. The van der Waals surface area contributed by atoms with Gasteiger partial charge in [-0.05, 0) is 0 Å². The summed E-state index contributed by atoms with van der Waals surface area (Å²) in [6.07, 6.45) is 0. The number of anilines is 1. The van der Waals surface area contributed by atoms with Crippen molar-refractivity contribution in [1.29, 1.82) is 0 Å². The molecule has 0 atom stereocenters. The van der Waals surface area contributed by atoms with Crippen LogP contribution in [-0.2, 0) is 0 Å². The van der Waals surface area contributed by atoms with Crippen LogP contribution in [0, 0.1) is 10.1 Å². The van der Waals surface area contributed by atoms with Crippen LogP contribution >= 0.6 is 0 Å². The van der Waals surface area contributed by atoms with E-state index >= 15 is 0 Å². The van der Waals surface area contributed by atoms with E-state index in [1.54, 1.807) is 0 Å². The van der Waals surface area contributed by atoms with Gasteiger partial charge in [0.25, 0.3) is 5.69 Å². The molecule has 1 aromatic heterocycles. The molecule has 3 N–H and O–H groups in total. The van der Waals surface area contributed by atoms with Gasteiger partial charge in [-0.1, -0.05) is 0 Å². The lowest BCUT2D eigenvalue weighted by Crippen LogP contribution is -1.95. The number of benzene rings is 1. The fourth-order valence-corrected chi connectivity index (χ4v) is 1.16. The summed E-state index contributed by atoms with van der Waals surface area (Å²) in [6, 6.07) is 2.40. The van der Waals surface area contributed by atoms with Crippen LogP contribution in [0.3, 0.4) is 0 Å². The molecule has 0 saturated heterocycles. The maximum Gasteiger partial charge on any atom is 0.417 e. The number of nitrogen functional groups attached to an aromatic ring is 1. The number of aromatic amines is 1. The average Bonchev–Trinajstić information content (AvgIpc) is 2.42. The van der Waals surface area contributed by atoms with Gasteiger partial charge >= 0.3 is 5.76 Å². The smallest absolute Gasteiger partial charge is 0.408 e. The Morgan fingerprint density at radius 3 is 2.86 bits per heavy atom. The molecule has 0 aliphatic rings. The van der Waals surface area contributed by atoms with E-state index < -0.39 is 10.7 Å². The summed E-state index contributed by atoms with van der Waals surface area (Å²) in [5.74, 6) is -0.667. The number of nitro groups is 1. The number of H-pyrrole nitrogens is 1. The van der Waals surface area contributed by atoms with Crippen molar-refractivity contribution in [1.82, 2.24) is 4.98 Å². The minimum Gasteiger partial charge on any atom is -0.408 e. The van der Waals surface area contributed by atoms with Gasteiger partial charge in [0.2, 0.25) is 0 Å². The zero-order valence-corrected chi connectivity index (χ0v) is 6.81. The van der Waals surface area contributed by atoms with Crippen molar-refractivity contribution < 1.29 is 9.34 Å². The van der Waals surface area contributed by atoms with Crippen LogP contribution in [-0.4, -0.2) is 9.91 Å². The van der Waals surface area contributed by atoms with E-state index in [1.807, 2.05) is 0 Å². The van der Waals surface area contributed by atoms with Gasteiger partial charge in [0, 0.05) is 12.1 Å². The molecule has 2 rings (SSSR count). The normalized spacial score (nSPS) is 10.6. The summed E-state index contributed by atoms with van der Waals surface area (Å²) in [7, 11) is 0. The number of hydrogen-bond acceptors (Lipinski definition) is 5. The average molecular weight is 195 g/mol. The predicted molar refractivity (Wildman–Crippen MR) is 47.9 cm³/mol. The first-order valence-corrected chi connectivity index (χ1v) is 3.64. The van der Waals surface area contributed by atoms with Gasteiger partial charge in [0.1, 0.15) is 5.69 Å². The number of nitrogens with two attached hydrogens (primary N) is 1. The SMILES string of the molecule is Nc1cc2oc(=O)[nH]c2cc1[N+](=O)[O-]. The van der Waals surface area contributed by atoms with E-state index in [-0.39, 0.29) is 22.5 Å². The molecule has 0 fully saturated rings. The van der Waals surface area contributed by atoms with Crippen LogP contribution in [0.15, 0.2) is 21.3 Å². The lowest BCUT2D eigenvalue weighted by Gasteiger charge is -1.94. The van der Waals surface area contributed by atoms with Crippen LogP contribution in [0.2, 0.25) is 0 Å². The minimum atomic E-state index is -0.667. The number of rotatable bonds is 1. The number of aromatic nitrogens is 1. The highest BCUT2D eigenvalue weighted by molar-refractivity contribution is 5.82. The van der Waals surface area contributed by atoms with Crippen LogP contribution in [0.5, 0.6) is 0 Å². The van der Waals surface area contributed by atoms with E-state index in [4.69, 9.17) is 5.73 Å². The van der Waals surface area contributed by atoms with E-state index in [1.165, 1.54) is 6.07 Å². The van der Waals surface area contributed by atoms with Crippen LogP contribution in [0.4, 0.5) is 11.4 Å². The fraction of sp³-hybridized carbons (Fsp3) is 0. The minimum absolute atomic E-state index is 0.0368. The third-order valence-corrected chi connectivity index (χ3v) is 1.76. The first-order chi connectivity index (χ1) is 6.58. The largest absolute Gasteiger partial charge is 0.417 e. The quantitative estimate of drug-likeness (QED) is 0.393. The predicted octanol–water partition coefficient (Wildman–Crippen LogP) is 0.611. The van der Waals surface area contributed by atoms with E-state index in [9.17, 15) is 14.9 Å². The number of nitro benzene ring substituents is 1. The maximum atomic E-state index is 10.7. The van der Waals surface area contributed by atoms with Gasteiger partial charge < -0.3 is 10.2 Å². The van der Waals surface area contributed by atoms with Crippen LogP contribution in [0.1, 0.15) is 0 Å². The maximum absolute atomic E-state index is 10.7. The number of fused-ring (bicyclic) bond motifs is 1. The molecule has 0 saturated carbocycles. The Morgan fingerprint density at radius 2 is 2.21 bits per heavy atom. The van der Waals surface area contributed by atoms with Gasteiger partial charge in [0.15, 0.2) is 5.58 Å². The second-order valence-electron chi connectivity index (χ2n) is 2.68. The van der Waals surface area contributed by atoms with Crippen molar-refractivity contribution in [2.24, 2.45) is 0 Å². The molecule has 0 radical (unpaired) electrons. The Hall–Kier alpha value is -2.31. The van der Waals surface area contributed by atoms with Gasteiger partial charge in [-0.2, -0.15) is 0 Å². The monoisotopic (exact) mass is 195 g/mol. The molecule has 2 aromatic rings. The second kappa shape index (κ2) is 2.59. The lowest BCUT2D eigenvalue weighted by atomic mass is 10.2. The summed E-state index contributed by atoms with van der Waals surface area (Å²) in [5.41, 5.74) is 5.55. The van der Waals surface area contributed by atoms with E-state index in [0.717, 1.165) is 6.07 Å². The van der Waals surface area contributed by atoms with E-state index in [0.29, 0.717) is 0 Å². The first kappa shape index (κ1) is 8.30. The summed E-state index contributed by atoms with van der Waals surface area (Å²) in [6.45, 7) is 0. The van der Waals surface area contributed by atoms with Crippen molar-refractivity contribution in [3.8, 4) is 0 Å². The lowest BCUT2D eigenvalue weighted by molar-refractivity contribution is -0.383. The highest BCUT2D eigenvalue weighted by atomic mass is 16.6. The van der Waals surface area contributed by atoms with Crippen LogP contribution < -0.4 is 11.5 Å². The van der Waals surface area contributed by atoms with Gasteiger partial charge in [-0.15, -0.1) is 0 Å². The van der Waals surface area contributed by atoms with Gasteiger partial charge in [-0.3, -0.25) is 15.1 Å². The zero-order chi connectivity index (χ0) is 10.3. The molecule has 0 bridgehead atoms. The Morgan fingerprint density at radius 1 is 1.50 bits per heavy atom. The molecular weight excluding hydrogens is 190 g/mol. The molecule has 1 heterocycles. The fourth-order valence-electron chi connectivity index (χ4n) is 1.16. The number of nitrogens with zero attached hydrogens (tertiary/aromatic N) is 1. The molecule has 0 spiro atoms. The number of hydrogen-bond donors (Lipinski definition) is 2. The van der Waals surface area contributed by atoms with Crippen molar-refractivity contribution in [2.75, 3.05) is 5.73 Å².